The summed E-state index contributed by atoms with van der Waals surface area (Å²) < 4.78 is 0. The van der Waals surface area contributed by atoms with E-state index in [1.165, 1.54) is 0 Å². The van der Waals surface area contributed by atoms with Crippen molar-refractivity contribution in [3.05, 3.63) is 36.0 Å². The Balaban J connectivity index is 3.17. The van der Waals surface area contributed by atoms with Crippen molar-refractivity contribution in [3.63, 3.8) is 0 Å². The van der Waals surface area contributed by atoms with Gasteiger partial charge >= 0.3 is 0 Å². The van der Waals surface area contributed by atoms with Gasteiger partial charge in [-0.25, -0.2) is 5.01 Å². The van der Waals surface area contributed by atoms with Crippen LogP contribution >= 0.6 is 0 Å². The fourth-order valence-corrected chi connectivity index (χ4v) is 1.29. The number of anilines is 1. The number of aryl methyl sites for hydroxylation is 1. The maximum atomic E-state index is 9.78. The van der Waals surface area contributed by atoms with Gasteiger partial charge in [-0.2, -0.15) is 5.10 Å². The molecule has 0 amide bonds. The Bertz CT molecular complexity index is 397. The van der Waals surface area contributed by atoms with Crippen molar-refractivity contribution in [3.8, 4) is 5.75 Å². The molecule has 0 saturated carbocycles. The van der Waals surface area contributed by atoms with Gasteiger partial charge in [0.2, 0.25) is 0 Å². The molecular weight excluding hydrogens is 188 g/mol. The first-order valence-corrected chi connectivity index (χ1v) is 4.80. The monoisotopic (exact) mass is 204 g/mol. The molecule has 0 aromatic heterocycles. The molecule has 0 heterocycles. The summed E-state index contributed by atoms with van der Waals surface area (Å²) in [4.78, 5) is 0. The average Bonchev–Trinajstić information content (AvgIpc) is 2.15. The van der Waals surface area contributed by atoms with Gasteiger partial charge in [0.15, 0.2) is 0 Å². The van der Waals surface area contributed by atoms with Crippen molar-refractivity contribution in [1.29, 1.82) is 0 Å². The lowest BCUT2D eigenvalue weighted by atomic mass is 10.2. The lowest BCUT2D eigenvalue weighted by molar-refractivity contribution is 0.475. The number of aromatic hydroxyl groups is 1. The second-order valence-corrected chi connectivity index (χ2v) is 3.41. The topological polar surface area (TPSA) is 35.8 Å². The number of hydrazone groups is 1. The zero-order valence-corrected chi connectivity index (χ0v) is 9.36. The van der Waals surface area contributed by atoms with Crippen LogP contribution in [0.4, 0.5) is 5.69 Å². The number of hydrogen-bond donors (Lipinski definition) is 1. The third-order valence-corrected chi connectivity index (χ3v) is 1.95. The second kappa shape index (κ2) is 4.64. The summed E-state index contributed by atoms with van der Waals surface area (Å²) >= 11 is 0. The van der Waals surface area contributed by atoms with Crippen LogP contribution in [-0.4, -0.2) is 11.3 Å². The Morgan fingerprint density at radius 2 is 2.20 bits per heavy atom. The van der Waals surface area contributed by atoms with Crippen LogP contribution in [-0.2, 0) is 0 Å². The Labute approximate surface area is 90.4 Å². The number of hydrogen-bond acceptors (Lipinski definition) is 3. The standard InChI is InChI=1S/C12H16N2O/c1-5-13-14(9(2)3)11-7-6-10(4)8-12(11)15/h5-8,15H,2H2,1,3-4H3/b13-5+. The fourth-order valence-electron chi connectivity index (χ4n) is 1.29. The highest BCUT2D eigenvalue weighted by molar-refractivity contribution is 5.65. The highest BCUT2D eigenvalue weighted by Crippen LogP contribution is 2.30. The summed E-state index contributed by atoms with van der Waals surface area (Å²) in [7, 11) is 0. The Kier molecular flexibility index (Phi) is 3.50. The highest BCUT2D eigenvalue weighted by Gasteiger charge is 2.09. The molecule has 0 spiro atoms. The Hall–Kier alpha value is -1.77. The molecule has 0 saturated heterocycles. The van der Waals surface area contributed by atoms with Crippen molar-refractivity contribution in [2.24, 2.45) is 5.10 Å². The molecule has 80 valence electrons. The van der Waals surface area contributed by atoms with Gasteiger partial charge in [-0.3, -0.25) is 0 Å². The first-order valence-electron chi connectivity index (χ1n) is 4.80. The second-order valence-electron chi connectivity index (χ2n) is 3.41. The van der Waals surface area contributed by atoms with Crippen molar-refractivity contribution >= 4 is 11.9 Å². The molecule has 0 atom stereocenters. The van der Waals surface area contributed by atoms with E-state index in [1.807, 2.05) is 32.9 Å². The van der Waals surface area contributed by atoms with E-state index >= 15 is 0 Å². The van der Waals surface area contributed by atoms with Gasteiger partial charge in [0.1, 0.15) is 11.4 Å². The number of benzene rings is 1. The molecule has 0 aliphatic heterocycles. The Morgan fingerprint density at radius 1 is 1.53 bits per heavy atom. The maximum absolute atomic E-state index is 9.78. The molecule has 0 fully saturated rings. The quantitative estimate of drug-likeness (QED) is 0.606. The zero-order valence-electron chi connectivity index (χ0n) is 9.36. The van der Waals surface area contributed by atoms with Crippen LogP contribution in [0, 0.1) is 6.92 Å². The van der Waals surface area contributed by atoms with E-state index in [4.69, 9.17) is 0 Å². The van der Waals surface area contributed by atoms with Crippen molar-refractivity contribution in [1.82, 2.24) is 0 Å². The number of phenolic OH excluding ortho intramolecular Hbond substituents is 1. The van der Waals surface area contributed by atoms with Crippen LogP contribution < -0.4 is 5.01 Å². The molecule has 15 heavy (non-hydrogen) atoms. The van der Waals surface area contributed by atoms with Crippen LogP contribution in [0.25, 0.3) is 0 Å². The van der Waals surface area contributed by atoms with Gasteiger partial charge in [0.05, 0.1) is 0 Å². The first kappa shape index (κ1) is 11.3. The zero-order chi connectivity index (χ0) is 11.4. The SMILES string of the molecule is C=C(C)N(/N=C/C)c1ccc(C)cc1O. The third kappa shape index (κ3) is 2.59. The summed E-state index contributed by atoms with van der Waals surface area (Å²) in [6, 6.07) is 5.46. The number of phenols is 1. The number of allylic oxidation sites excluding steroid dienone is 1. The van der Waals surface area contributed by atoms with Crippen molar-refractivity contribution < 1.29 is 5.11 Å². The van der Waals surface area contributed by atoms with E-state index in [0.717, 1.165) is 11.3 Å². The van der Waals surface area contributed by atoms with E-state index in [2.05, 4.69) is 11.7 Å². The van der Waals surface area contributed by atoms with Crippen LogP contribution in [0.2, 0.25) is 0 Å². The van der Waals surface area contributed by atoms with Gasteiger partial charge in [-0.15, -0.1) is 0 Å². The molecule has 0 bridgehead atoms. The van der Waals surface area contributed by atoms with E-state index in [0.29, 0.717) is 5.69 Å². The van der Waals surface area contributed by atoms with E-state index in [-0.39, 0.29) is 5.75 Å². The molecule has 0 aliphatic carbocycles. The van der Waals surface area contributed by atoms with Gasteiger partial charge in [0.25, 0.3) is 0 Å². The fraction of sp³-hybridized carbons (Fsp3) is 0.250. The summed E-state index contributed by atoms with van der Waals surface area (Å²) in [6.07, 6.45) is 1.66. The molecule has 1 aromatic rings. The van der Waals surface area contributed by atoms with Crippen LogP contribution in [0.15, 0.2) is 35.6 Å². The van der Waals surface area contributed by atoms with Crippen molar-refractivity contribution in [2.45, 2.75) is 20.8 Å². The van der Waals surface area contributed by atoms with Gasteiger partial charge in [0, 0.05) is 11.9 Å². The van der Waals surface area contributed by atoms with Crippen LogP contribution in [0.1, 0.15) is 19.4 Å². The summed E-state index contributed by atoms with van der Waals surface area (Å²) in [6.45, 7) is 9.40. The molecule has 3 heteroatoms. The van der Waals surface area contributed by atoms with E-state index < -0.39 is 0 Å². The summed E-state index contributed by atoms with van der Waals surface area (Å²) in [5.74, 6) is 0.212. The van der Waals surface area contributed by atoms with E-state index in [9.17, 15) is 5.11 Å². The van der Waals surface area contributed by atoms with Crippen LogP contribution in [0.3, 0.4) is 0 Å². The smallest absolute Gasteiger partial charge is 0.141 e. The molecule has 1 aromatic carbocycles. The third-order valence-electron chi connectivity index (χ3n) is 1.95. The molecular formula is C12H16N2O. The molecule has 0 radical (unpaired) electrons. The largest absolute Gasteiger partial charge is 0.506 e. The molecule has 0 unspecified atom stereocenters. The number of nitrogens with zero attached hydrogens (tertiary/aromatic N) is 2. The lowest BCUT2D eigenvalue weighted by Gasteiger charge is -2.19. The van der Waals surface area contributed by atoms with Gasteiger partial charge in [-0.05, 0) is 38.5 Å². The van der Waals surface area contributed by atoms with E-state index in [1.54, 1.807) is 17.3 Å². The molecule has 1 N–H and O–H groups in total. The minimum atomic E-state index is 0.212. The molecule has 0 aliphatic rings. The normalized spacial score (nSPS) is 10.6. The summed E-state index contributed by atoms with van der Waals surface area (Å²) in [5, 5.41) is 15.5. The average molecular weight is 204 g/mol. The summed E-state index contributed by atoms with van der Waals surface area (Å²) in [5.41, 5.74) is 2.41. The molecule has 1 rings (SSSR count). The van der Waals surface area contributed by atoms with Gasteiger partial charge in [-0.1, -0.05) is 12.6 Å². The first-order chi connectivity index (χ1) is 7.06. The van der Waals surface area contributed by atoms with Crippen LogP contribution in [0.5, 0.6) is 5.75 Å². The molecule has 3 nitrogen and oxygen atoms in total. The maximum Gasteiger partial charge on any atom is 0.141 e. The Morgan fingerprint density at radius 3 is 2.67 bits per heavy atom. The van der Waals surface area contributed by atoms with Gasteiger partial charge < -0.3 is 5.11 Å². The number of rotatable bonds is 3. The minimum absolute atomic E-state index is 0.212. The van der Waals surface area contributed by atoms with Crippen molar-refractivity contribution in [2.75, 3.05) is 5.01 Å². The lowest BCUT2D eigenvalue weighted by Crippen LogP contribution is -2.12. The highest BCUT2D eigenvalue weighted by atomic mass is 16.3. The predicted octanol–water partition coefficient (Wildman–Crippen LogP) is 3.05. The predicted molar refractivity (Wildman–Crippen MR) is 64.3 cm³/mol. The minimum Gasteiger partial charge on any atom is -0.506 e.